The van der Waals surface area contributed by atoms with Gasteiger partial charge in [0.2, 0.25) is 5.28 Å². The van der Waals surface area contributed by atoms with Crippen molar-refractivity contribution < 1.29 is 24.4 Å². The van der Waals surface area contributed by atoms with Gasteiger partial charge in [0, 0.05) is 6.92 Å². The molecule has 1 N–H and O–H groups in total. The summed E-state index contributed by atoms with van der Waals surface area (Å²) in [7, 11) is 0. The summed E-state index contributed by atoms with van der Waals surface area (Å²) in [5.74, 6) is -0.514. The molecule has 1 saturated heterocycles. The maximum Gasteiger partial charge on any atom is 0.305 e. The molecular weight excluding hydrogens is 206 g/mol. The molecule has 0 aliphatic carbocycles. The van der Waals surface area contributed by atoms with Gasteiger partial charge in [-0.05, 0) is 6.42 Å². The molecule has 0 aromatic heterocycles. The zero-order valence-corrected chi connectivity index (χ0v) is 8.33. The van der Waals surface area contributed by atoms with Crippen LogP contribution >= 0.6 is 0 Å². The molecule has 0 spiro atoms. The molecule has 15 heavy (non-hydrogen) atoms. The van der Waals surface area contributed by atoms with Crippen molar-refractivity contribution in [2.24, 2.45) is 5.28 Å². The van der Waals surface area contributed by atoms with E-state index in [0.29, 0.717) is 6.54 Å². The normalized spacial score (nSPS) is 20.8. The van der Waals surface area contributed by atoms with Crippen LogP contribution in [0.4, 0.5) is 0 Å². The maximum atomic E-state index is 11.1. The summed E-state index contributed by atoms with van der Waals surface area (Å²) < 4.78 is 4.39. The average molecular weight is 219 g/mol. The van der Waals surface area contributed by atoms with E-state index < -0.39 is 12.8 Å². The topological polar surface area (TPSA) is 97.4 Å². The van der Waals surface area contributed by atoms with Gasteiger partial charge in [0.05, 0.1) is 18.1 Å². The maximum absolute atomic E-state index is 11.1. The number of rotatable bonds is 5. The molecule has 0 aromatic carbocycles. The lowest BCUT2D eigenvalue weighted by Crippen LogP contribution is -2.53. The van der Waals surface area contributed by atoms with Crippen LogP contribution in [0.25, 0.3) is 0 Å². The highest BCUT2D eigenvalue weighted by atomic mass is 16.8. The van der Waals surface area contributed by atoms with Gasteiger partial charge < -0.3 is 19.9 Å². The van der Waals surface area contributed by atoms with Gasteiger partial charge in [0.1, 0.15) is 6.04 Å². The van der Waals surface area contributed by atoms with Gasteiger partial charge >= 0.3 is 5.97 Å². The number of hydrogen-bond acceptors (Lipinski definition) is 6. The number of ether oxygens (including phenoxy) is 1. The van der Waals surface area contributed by atoms with Crippen molar-refractivity contribution in [3.8, 4) is 0 Å². The van der Waals surface area contributed by atoms with E-state index in [1.54, 1.807) is 0 Å². The van der Waals surface area contributed by atoms with Crippen LogP contribution in [-0.4, -0.2) is 47.0 Å². The van der Waals surface area contributed by atoms with Gasteiger partial charge in [0.15, 0.2) is 0 Å². The molecule has 1 aliphatic heterocycles. The van der Waals surface area contributed by atoms with Gasteiger partial charge in [0.25, 0.3) is 6.79 Å². The van der Waals surface area contributed by atoms with Crippen LogP contribution < -0.4 is 0 Å². The minimum atomic E-state index is -0.514. The monoisotopic (exact) mass is 219 g/mol. The molecule has 1 heterocycles. The minimum Gasteiger partial charge on any atom is -0.569 e. The lowest BCUT2D eigenvalue weighted by molar-refractivity contribution is -0.732. The number of nitrogens with zero attached hydrogens (tertiary/aromatic N) is 3. The molecule has 86 valence electrons. The first-order valence-electron chi connectivity index (χ1n) is 4.46. The number of aliphatic hydroxyl groups is 1. The van der Waals surface area contributed by atoms with Crippen LogP contribution in [0.3, 0.4) is 0 Å². The Morgan fingerprint density at radius 3 is 3.00 bits per heavy atom. The predicted octanol–water partition coefficient (Wildman–Crippen LogP) is -0.617. The second-order valence-electron chi connectivity index (χ2n) is 3.01. The van der Waals surface area contributed by atoms with E-state index in [-0.39, 0.29) is 17.6 Å². The Bertz CT molecular complexity index is 255. The number of hydrazine groups is 1. The Morgan fingerprint density at radius 1 is 1.80 bits per heavy atom. The summed E-state index contributed by atoms with van der Waals surface area (Å²) in [4.78, 5) is 15.0. The van der Waals surface area contributed by atoms with Crippen molar-refractivity contribution in [2.75, 3.05) is 19.9 Å². The van der Waals surface area contributed by atoms with E-state index in [0.717, 1.165) is 6.42 Å². The van der Waals surface area contributed by atoms with Crippen molar-refractivity contribution in [2.45, 2.75) is 19.4 Å². The van der Waals surface area contributed by atoms with E-state index in [4.69, 9.17) is 5.11 Å². The summed E-state index contributed by atoms with van der Waals surface area (Å²) >= 11 is 0. The summed E-state index contributed by atoms with van der Waals surface area (Å²) in [5, 5.41) is 24.4. The summed E-state index contributed by atoms with van der Waals surface area (Å²) in [5.41, 5.74) is 0. The van der Waals surface area contributed by atoms with Crippen molar-refractivity contribution in [3.63, 3.8) is 0 Å². The van der Waals surface area contributed by atoms with E-state index in [2.05, 4.69) is 14.9 Å². The van der Waals surface area contributed by atoms with Crippen LogP contribution in [0.2, 0.25) is 0 Å². The lowest BCUT2D eigenvalue weighted by atomic mass is 10.1. The molecule has 1 aliphatic rings. The number of esters is 1. The third-order valence-corrected chi connectivity index (χ3v) is 1.99. The van der Waals surface area contributed by atoms with Crippen LogP contribution in [0.5, 0.6) is 0 Å². The first kappa shape index (κ1) is 11.5. The Kier molecular flexibility index (Phi) is 4.10. The fourth-order valence-electron chi connectivity index (χ4n) is 1.07. The zero-order valence-electron chi connectivity index (χ0n) is 8.33. The second kappa shape index (κ2) is 5.35. The molecule has 0 amide bonds. The van der Waals surface area contributed by atoms with Gasteiger partial charge in [-0.25, -0.2) is 0 Å². The minimum absolute atomic E-state index is 0.0990. The van der Waals surface area contributed by atoms with Crippen molar-refractivity contribution >= 4 is 5.97 Å². The van der Waals surface area contributed by atoms with Crippen LogP contribution in [-0.2, 0) is 14.4 Å². The molecule has 1 fully saturated rings. The van der Waals surface area contributed by atoms with Crippen molar-refractivity contribution in [1.82, 2.24) is 5.01 Å². The molecule has 0 aromatic rings. The van der Waals surface area contributed by atoms with Crippen molar-refractivity contribution in [1.29, 1.82) is 0 Å². The van der Waals surface area contributed by atoms with E-state index in [9.17, 15) is 10.0 Å². The highest BCUT2D eigenvalue weighted by Crippen LogP contribution is 2.16. The molecule has 0 radical (unpaired) electrons. The fourth-order valence-corrected chi connectivity index (χ4v) is 1.07. The summed E-state index contributed by atoms with van der Waals surface area (Å²) in [6.07, 6.45) is 0.745. The van der Waals surface area contributed by atoms with Gasteiger partial charge in [-0.3, -0.25) is 4.79 Å². The quantitative estimate of drug-likeness (QED) is 0.165. The summed E-state index contributed by atoms with van der Waals surface area (Å²) in [6.45, 7) is 1.24. The van der Waals surface area contributed by atoms with E-state index >= 15 is 0 Å². The third-order valence-electron chi connectivity index (χ3n) is 1.99. The first-order valence-corrected chi connectivity index (χ1v) is 4.46. The van der Waals surface area contributed by atoms with E-state index in [1.807, 2.05) is 0 Å². The molecule has 1 atom stereocenters. The first-order chi connectivity index (χ1) is 7.15. The molecule has 8 nitrogen and oxygen atoms in total. The lowest BCUT2D eigenvalue weighted by Gasteiger charge is -2.33. The van der Waals surface area contributed by atoms with Gasteiger partial charge in [-0.2, -0.15) is 0 Å². The van der Waals surface area contributed by atoms with E-state index in [1.165, 1.54) is 11.9 Å². The van der Waals surface area contributed by atoms with Crippen LogP contribution in [0.15, 0.2) is 5.28 Å². The largest absolute Gasteiger partial charge is 0.569 e. The highest BCUT2D eigenvalue weighted by molar-refractivity contribution is 5.65. The Balaban J connectivity index is 2.24. The SMILES string of the molecule is CC(=O)OCO/N=[N+](\[O-])N1CC[C@H]1CO. The van der Waals surface area contributed by atoms with Crippen molar-refractivity contribution in [3.05, 3.63) is 5.21 Å². The number of aliphatic hydroxyl groups excluding tert-OH is 1. The summed E-state index contributed by atoms with van der Waals surface area (Å²) in [6, 6.07) is -0.205. The smallest absolute Gasteiger partial charge is 0.305 e. The Morgan fingerprint density at radius 2 is 2.53 bits per heavy atom. The molecule has 0 unspecified atom stereocenters. The second-order valence-corrected chi connectivity index (χ2v) is 3.01. The van der Waals surface area contributed by atoms with Crippen LogP contribution in [0.1, 0.15) is 13.3 Å². The number of carbonyl (C=O) groups excluding carboxylic acids is 1. The standard InChI is InChI=1S/C7H13N3O5/c1-6(12)14-5-15-8-10(13)9-3-2-7(9)4-11/h7,11H,2-5H2,1H3/b10-8-/t7-/m0/s1. The molecular formula is C7H13N3O5. The third kappa shape index (κ3) is 3.24. The number of hydrogen-bond donors (Lipinski definition) is 1. The molecule has 1 rings (SSSR count). The fraction of sp³-hybridized carbons (Fsp3) is 0.857. The van der Waals surface area contributed by atoms with Crippen LogP contribution in [0, 0.1) is 5.21 Å². The van der Waals surface area contributed by atoms with Gasteiger partial charge in [-0.1, -0.05) is 0 Å². The molecule has 8 heteroatoms. The predicted molar refractivity (Wildman–Crippen MR) is 46.0 cm³/mol. The highest BCUT2D eigenvalue weighted by Gasteiger charge is 2.34. The average Bonchev–Trinajstić information content (AvgIpc) is 2.11. The number of carbonyl (C=O) groups is 1. The molecule has 0 saturated carbocycles. The van der Waals surface area contributed by atoms with Gasteiger partial charge in [-0.15, -0.1) is 5.01 Å². The Labute approximate surface area is 86.2 Å². The molecule has 0 bridgehead atoms. The Hall–Kier alpha value is -1.57. The zero-order chi connectivity index (χ0) is 11.3.